The van der Waals surface area contributed by atoms with Crippen molar-refractivity contribution in [1.82, 2.24) is 10.2 Å². The molecule has 6 nitrogen and oxygen atoms in total. The standard InChI is InChI=1S/C22H24N4O2S2/c1-13(2)21-24-25-22(30-21)23-20(28)16-10-11-18(27)26(15-8-6-14(3)7-9-15)19(16)17-5-4-12-29-17/h4-9,12-13,16,19H,10-11H2,1-3H3,(H,23,25,28)/t16-,19-/m0/s1. The fourth-order valence-corrected chi connectivity index (χ4v) is 5.31. The Kier molecular flexibility index (Phi) is 5.97. The number of anilines is 2. The third-order valence-electron chi connectivity index (χ3n) is 5.25. The number of amides is 2. The number of carbonyl (C=O) groups excluding carboxylic acids is 2. The van der Waals surface area contributed by atoms with E-state index in [1.54, 1.807) is 16.2 Å². The minimum atomic E-state index is -0.367. The Morgan fingerprint density at radius 1 is 1.20 bits per heavy atom. The summed E-state index contributed by atoms with van der Waals surface area (Å²) in [7, 11) is 0. The summed E-state index contributed by atoms with van der Waals surface area (Å²) >= 11 is 2.97. The van der Waals surface area contributed by atoms with Gasteiger partial charge in [-0.25, -0.2) is 0 Å². The van der Waals surface area contributed by atoms with Crippen LogP contribution in [0.15, 0.2) is 41.8 Å². The number of aryl methyl sites for hydroxylation is 1. The predicted molar refractivity (Wildman–Crippen MR) is 121 cm³/mol. The summed E-state index contributed by atoms with van der Waals surface area (Å²) in [6.07, 6.45) is 0.840. The highest BCUT2D eigenvalue weighted by Crippen LogP contribution is 2.42. The van der Waals surface area contributed by atoms with E-state index in [4.69, 9.17) is 0 Å². The van der Waals surface area contributed by atoms with Crippen LogP contribution in [0.2, 0.25) is 0 Å². The summed E-state index contributed by atoms with van der Waals surface area (Å²) in [6.45, 7) is 6.11. The second kappa shape index (κ2) is 8.65. The van der Waals surface area contributed by atoms with Gasteiger partial charge in [0.25, 0.3) is 0 Å². The van der Waals surface area contributed by atoms with Crippen LogP contribution in [0.4, 0.5) is 10.8 Å². The average molecular weight is 441 g/mol. The van der Waals surface area contributed by atoms with Crippen molar-refractivity contribution in [2.24, 2.45) is 5.92 Å². The first-order valence-electron chi connectivity index (χ1n) is 10.0. The number of rotatable bonds is 5. The lowest BCUT2D eigenvalue weighted by atomic mass is 9.86. The molecular weight excluding hydrogens is 416 g/mol. The molecule has 1 aliphatic heterocycles. The van der Waals surface area contributed by atoms with Crippen LogP contribution in [0.25, 0.3) is 0 Å². The van der Waals surface area contributed by atoms with Crippen molar-refractivity contribution in [2.45, 2.75) is 45.6 Å². The molecule has 3 aromatic rings. The minimum absolute atomic E-state index is 0.0410. The van der Waals surface area contributed by atoms with Crippen molar-refractivity contribution in [2.75, 3.05) is 10.2 Å². The third-order valence-corrected chi connectivity index (χ3v) is 7.33. The number of piperidine rings is 1. The lowest BCUT2D eigenvalue weighted by Gasteiger charge is -2.40. The van der Waals surface area contributed by atoms with Crippen LogP contribution in [0.3, 0.4) is 0 Å². The number of carbonyl (C=O) groups is 2. The molecule has 0 radical (unpaired) electrons. The summed E-state index contributed by atoms with van der Waals surface area (Å²) < 4.78 is 0. The van der Waals surface area contributed by atoms with E-state index in [9.17, 15) is 9.59 Å². The van der Waals surface area contributed by atoms with E-state index >= 15 is 0 Å². The maximum atomic E-state index is 13.3. The molecule has 3 heterocycles. The molecule has 0 saturated carbocycles. The van der Waals surface area contributed by atoms with E-state index in [0.717, 1.165) is 21.1 Å². The van der Waals surface area contributed by atoms with Crippen molar-refractivity contribution in [3.63, 3.8) is 0 Å². The number of aromatic nitrogens is 2. The summed E-state index contributed by atoms with van der Waals surface area (Å²) in [5, 5.41) is 14.6. The average Bonchev–Trinajstić information content (AvgIpc) is 3.40. The highest BCUT2D eigenvalue weighted by Gasteiger charge is 2.42. The van der Waals surface area contributed by atoms with Crippen LogP contribution < -0.4 is 10.2 Å². The molecule has 0 bridgehead atoms. The highest BCUT2D eigenvalue weighted by atomic mass is 32.1. The summed E-state index contributed by atoms with van der Waals surface area (Å²) in [5.41, 5.74) is 1.95. The van der Waals surface area contributed by atoms with E-state index in [2.05, 4.69) is 15.5 Å². The zero-order valence-electron chi connectivity index (χ0n) is 17.2. The molecule has 1 fully saturated rings. The van der Waals surface area contributed by atoms with Gasteiger partial charge in [0.15, 0.2) is 0 Å². The van der Waals surface area contributed by atoms with Gasteiger partial charge < -0.3 is 10.2 Å². The van der Waals surface area contributed by atoms with Crippen LogP contribution in [-0.4, -0.2) is 22.0 Å². The van der Waals surface area contributed by atoms with E-state index in [1.807, 2.05) is 62.5 Å². The fraction of sp³-hybridized carbons (Fsp3) is 0.364. The number of nitrogens with one attached hydrogen (secondary N) is 1. The highest BCUT2D eigenvalue weighted by molar-refractivity contribution is 7.15. The topological polar surface area (TPSA) is 75.2 Å². The second-order valence-corrected chi connectivity index (χ2v) is 9.78. The Hall–Kier alpha value is -2.58. The van der Waals surface area contributed by atoms with Crippen molar-refractivity contribution in [1.29, 1.82) is 0 Å². The van der Waals surface area contributed by atoms with E-state index in [1.165, 1.54) is 11.3 Å². The number of thiophene rings is 1. The molecule has 1 aliphatic rings. The predicted octanol–water partition coefficient (Wildman–Crippen LogP) is 5.15. The van der Waals surface area contributed by atoms with E-state index < -0.39 is 0 Å². The molecule has 156 valence electrons. The lowest BCUT2D eigenvalue weighted by Crippen LogP contribution is -2.46. The van der Waals surface area contributed by atoms with Gasteiger partial charge in [0, 0.05) is 22.9 Å². The Morgan fingerprint density at radius 3 is 2.60 bits per heavy atom. The molecule has 2 atom stereocenters. The van der Waals surface area contributed by atoms with Crippen molar-refractivity contribution >= 4 is 45.3 Å². The van der Waals surface area contributed by atoms with Gasteiger partial charge in [-0.15, -0.1) is 21.5 Å². The van der Waals surface area contributed by atoms with Gasteiger partial charge in [0.1, 0.15) is 5.01 Å². The molecule has 1 saturated heterocycles. The largest absolute Gasteiger partial charge is 0.303 e. The Morgan fingerprint density at radius 2 is 1.97 bits per heavy atom. The molecule has 0 spiro atoms. The molecule has 1 N–H and O–H groups in total. The van der Waals surface area contributed by atoms with Gasteiger partial charge in [-0.1, -0.05) is 48.9 Å². The Labute approximate surface area is 184 Å². The first-order chi connectivity index (χ1) is 14.4. The van der Waals surface area contributed by atoms with Crippen LogP contribution in [0.1, 0.15) is 54.1 Å². The van der Waals surface area contributed by atoms with Gasteiger partial charge in [-0.3, -0.25) is 9.59 Å². The Balaban J connectivity index is 1.66. The second-order valence-electron chi connectivity index (χ2n) is 7.79. The van der Waals surface area contributed by atoms with Crippen molar-refractivity contribution in [3.05, 3.63) is 57.2 Å². The van der Waals surface area contributed by atoms with E-state index in [-0.39, 0.29) is 29.7 Å². The van der Waals surface area contributed by atoms with E-state index in [0.29, 0.717) is 18.0 Å². The van der Waals surface area contributed by atoms with Gasteiger partial charge in [-0.2, -0.15) is 0 Å². The molecule has 1 aromatic carbocycles. The number of nitrogens with zero attached hydrogens (tertiary/aromatic N) is 3. The van der Waals surface area contributed by atoms with Gasteiger partial charge in [0.2, 0.25) is 16.9 Å². The quantitative estimate of drug-likeness (QED) is 0.595. The summed E-state index contributed by atoms with van der Waals surface area (Å²) in [5.74, 6) is -0.186. The molecule has 2 aromatic heterocycles. The van der Waals surface area contributed by atoms with Gasteiger partial charge >= 0.3 is 0 Å². The summed E-state index contributed by atoms with van der Waals surface area (Å²) in [6, 6.07) is 11.5. The molecule has 2 amide bonds. The first-order valence-corrected chi connectivity index (χ1v) is 11.7. The number of hydrogen-bond donors (Lipinski definition) is 1. The Bertz CT molecular complexity index is 1030. The normalized spacial score (nSPS) is 19.3. The molecule has 4 rings (SSSR count). The van der Waals surface area contributed by atoms with Gasteiger partial charge in [0.05, 0.1) is 12.0 Å². The maximum Gasteiger partial charge on any atom is 0.231 e. The molecule has 0 aliphatic carbocycles. The zero-order chi connectivity index (χ0) is 21.3. The van der Waals surface area contributed by atoms with Crippen LogP contribution in [0, 0.1) is 12.8 Å². The zero-order valence-corrected chi connectivity index (χ0v) is 18.8. The SMILES string of the molecule is Cc1ccc(N2C(=O)CC[C@H](C(=O)Nc3nnc(C(C)C)s3)[C@H]2c2cccs2)cc1. The number of benzene rings is 1. The first kappa shape index (κ1) is 20.7. The van der Waals surface area contributed by atoms with Crippen molar-refractivity contribution < 1.29 is 9.59 Å². The monoisotopic (exact) mass is 440 g/mol. The van der Waals surface area contributed by atoms with Crippen molar-refractivity contribution in [3.8, 4) is 0 Å². The van der Waals surface area contributed by atoms with Crippen LogP contribution >= 0.6 is 22.7 Å². The summed E-state index contributed by atoms with van der Waals surface area (Å²) in [4.78, 5) is 29.0. The molecular formula is C22H24N4O2S2. The van der Waals surface area contributed by atoms with Gasteiger partial charge in [-0.05, 0) is 36.9 Å². The number of hydrogen-bond acceptors (Lipinski definition) is 6. The maximum absolute atomic E-state index is 13.3. The lowest BCUT2D eigenvalue weighted by molar-refractivity contribution is -0.125. The molecule has 0 unspecified atom stereocenters. The molecule has 8 heteroatoms. The fourth-order valence-electron chi connectivity index (χ4n) is 3.68. The molecule has 30 heavy (non-hydrogen) atoms. The third kappa shape index (κ3) is 4.15. The minimum Gasteiger partial charge on any atom is -0.303 e. The smallest absolute Gasteiger partial charge is 0.231 e. The van der Waals surface area contributed by atoms with Crippen LogP contribution in [0.5, 0.6) is 0 Å². The van der Waals surface area contributed by atoms with Crippen LogP contribution in [-0.2, 0) is 9.59 Å².